The van der Waals surface area contributed by atoms with Gasteiger partial charge in [-0.25, -0.2) is 42.6 Å². The Labute approximate surface area is 769 Å². The summed E-state index contributed by atoms with van der Waals surface area (Å²) < 4.78 is 127. The Balaban J connectivity index is 0. The quantitative estimate of drug-likeness (QED) is 0.0206. The minimum atomic E-state index is -3.86. The number of carbonyl (C=O) groups excluding carboxylic acids is 1. The first-order valence-corrected chi connectivity index (χ1v) is 49.1. The smallest absolute Gasteiger partial charge is 0.870 e. The summed E-state index contributed by atoms with van der Waals surface area (Å²) in [5, 5.41) is 20.5. The van der Waals surface area contributed by atoms with Gasteiger partial charge in [0.15, 0.2) is 0 Å². The number of anilines is 3. The van der Waals surface area contributed by atoms with E-state index in [9.17, 15) is 48.1 Å². The number of nitrogens with one attached hydrogen (secondary N) is 4. The van der Waals surface area contributed by atoms with Gasteiger partial charge in [0.05, 0.1) is 19.6 Å². The van der Waals surface area contributed by atoms with Crippen molar-refractivity contribution >= 4 is 123 Å². The molecule has 0 radical (unpaired) electrons. The Bertz CT molecular complexity index is 4730. The number of carboxylic acids is 2. The van der Waals surface area contributed by atoms with Crippen LogP contribution < -0.4 is 64.6 Å². The maximum atomic E-state index is 13.2. The van der Waals surface area contributed by atoms with Crippen LogP contribution in [0.3, 0.4) is 0 Å². The molecule has 0 aromatic heterocycles. The molecule has 9 N–H and O–H groups in total. The maximum Gasteiger partial charge on any atom is 1.00 e. The molecule has 0 spiro atoms. The molecular weight excluding hydrogens is 1730 g/mol. The Morgan fingerprint density at radius 1 is 0.500 bits per heavy atom. The van der Waals surface area contributed by atoms with Crippen LogP contribution in [0.25, 0.3) is 0 Å². The monoisotopic (exact) mass is 1860 g/mol. The summed E-state index contributed by atoms with van der Waals surface area (Å²) in [7, 11) is -1.74. The van der Waals surface area contributed by atoms with Crippen molar-refractivity contribution in [3.05, 3.63) is 206 Å². The third kappa shape index (κ3) is 43.1. The standard InChI is InChI=1S/C22H30N2O3S.C22H32N2O2S.C14H21NO4S.C9H11ClO2S.C8H11N.C5H11NO2.C4H10BO.C4H8O.Cl2OS.Na.H2O/c1-7-24(19-11-9-8-10-12-19)22(25)20(15(2)3)23-28(26,27)21-17(5)13-16(4)14-18(21)6;1-7-24(20-11-9-8-10-12-20)15-21(16(2)3)23-27(25,26)22-18(5)13-17(4)14-19(22)6;1-8(2)12(14(16)17)15-20(18,19)13-10(4)6-9(3)7-11(13)5;1-6-4-7(2)9(8(3)5-6)13(10,11)12;1-2-9-8-6-4-3-5-7-8;1-3(2)4(6)5(7)8;5-4-2-1-3-6-4;1-2-4-5-3-1;1-4(2)3;;/h8-15,20,23H,7H2,1-6H3;8-14,16,21,23H,7,15H2,1-6H3;6-8,12,15H,1-5H3,(H,16,17);4-5H,1-3H3;3-7,9H,2H2,1H3;3-4H,6H2,1-2H3,(H,7,8);4H,1-3H2,5H3;1-4H2;;;1H2/q;;;;;;-1;;;+1;/p-1. The predicted octanol–water partition coefficient (Wildman–Crippen LogP) is 13.3. The molecule has 1 amide bonds. The first-order chi connectivity index (χ1) is 55.7. The second-order valence-electron chi connectivity index (χ2n) is 30.3. The SMILES string of the molecule is C1CCOC1.CC(C)C(N)C(=O)O.CCN(C(=O)C(NS(=O)(=O)c1c(C)cc(C)cc1C)C(C)C)c1ccccc1.CCN(CC(NS(=O)(=O)c1c(C)cc(C)cc1C)C(C)C)c1ccccc1.CCNc1ccccc1.Cc1cc(C)c(S(=O)(=O)Cl)c(C)c1.Cc1cc(C)c(S(=O)(=O)NC(C(=O)O)C(C)C)c(C)c1.O=S(Cl)Cl.[BH3-]C1CCCO1.[Na+].[OH-]. The van der Waals surface area contributed by atoms with Crippen LogP contribution in [0.5, 0.6) is 0 Å². The van der Waals surface area contributed by atoms with Gasteiger partial charge in [-0.05, 0) is 236 Å². The van der Waals surface area contributed by atoms with Crippen molar-refractivity contribution in [2.24, 2.45) is 29.4 Å². The molecular formula is C88H135BCl3N7NaO17S5-. The van der Waals surface area contributed by atoms with E-state index in [-0.39, 0.29) is 85.3 Å². The summed E-state index contributed by atoms with van der Waals surface area (Å²) in [4.78, 5) is 39.3. The molecule has 122 heavy (non-hydrogen) atoms. The van der Waals surface area contributed by atoms with E-state index in [1.807, 2.05) is 165 Å². The molecule has 24 nitrogen and oxygen atoms in total. The fourth-order valence-electron chi connectivity index (χ4n) is 12.9. The number of aliphatic carboxylic acids is 2. The Morgan fingerprint density at radius 3 is 1.08 bits per heavy atom. The third-order valence-corrected chi connectivity index (χ3v) is 25.1. The number of aryl methyl sites for hydroxylation is 12. The van der Waals surface area contributed by atoms with E-state index in [2.05, 4.69) is 97.7 Å². The molecule has 7 aromatic carbocycles. The number of amides is 1. The Hall–Kier alpha value is -5.85. The van der Waals surface area contributed by atoms with Gasteiger partial charge in [-0.1, -0.05) is 193 Å². The molecule has 7 aromatic rings. The minimum Gasteiger partial charge on any atom is -0.870 e. The zero-order valence-electron chi connectivity index (χ0n) is 75.0. The van der Waals surface area contributed by atoms with Gasteiger partial charge < -0.3 is 46.0 Å². The summed E-state index contributed by atoms with van der Waals surface area (Å²) in [5.74, 6) is -2.71. The van der Waals surface area contributed by atoms with Gasteiger partial charge in [-0.2, -0.15) is 9.44 Å². The normalized spacial score (nSPS) is 13.8. The molecule has 34 heteroatoms. The third-order valence-electron chi connectivity index (χ3n) is 18.3. The van der Waals surface area contributed by atoms with Crippen LogP contribution in [-0.2, 0) is 72.2 Å². The Morgan fingerprint density at radius 2 is 0.836 bits per heavy atom. The van der Waals surface area contributed by atoms with Crippen LogP contribution in [-0.4, -0.2) is 155 Å². The van der Waals surface area contributed by atoms with Gasteiger partial charge in [0.1, 0.15) is 18.1 Å². The predicted molar refractivity (Wildman–Crippen MR) is 501 cm³/mol. The van der Waals surface area contributed by atoms with Gasteiger partial charge in [0, 0.05) is 101 Å². The first-order valence-electron chi connectivity index (χ1n) is 39.6. The number of hydrogen-bond acceptors (Lipinski definition) is 18. The van der Waals surface area contributed by atoms with E-state index >= 15 is 0 Å². The van der Waals surface area contributed by atoms with E-state index in [0.29, 0.717) is 59.2 Å². The molecule has 0 saturated carbocycles. The van der Waals surface area contributed by atoms with Crippen LogP contribution >= 0.6 is 32.0 Å². The summed E-state index contributed by atoms with van der Waals surface area (Å²) in [5.41, 5.74) is 17.9. The van der Waals surface area contributed by atoms with Gasteiger partial charge in [0.25, 0.3) is 9.05 Å². The fourth-order valence-corrected chi connectivity index (χ4v) is 19.9. The molecule has 9 rings (SSSR count). The molecule has 2 fully saturated rings. The van der Waals surface area contributed by atoms with E-state index in [0.717, 1.165) is 83.7 Å². The number of para-hydroxylation sites is 3. The topological polar surface area (TPSA) is 374 Å². The van der Waals surface area contributed by atoms with E-state index < -0.39 is 78.4 Å². The van der Waals surface area contributed by atoms with Crippen molar-refractivity contribution in [1.82, 2.24) is 14.2 Å². The van der Waals surface area contributed by atoms with Crippen LogP contribution in [0.4, 0.5) is 17.1 Å². The minimum absolute atomic E-state index is 0. The average Bonchev–Trinajstić information content (AvgIpc) is 0.939. The van der Waals surface area contributed by atoms with Gasteiger partial charge >= 0.3 is 41.5 Å². The molecule has 2 aliphatic rings. The zero-order valence-corrected chi connectivity index (χ0v) is 83.3. The molecule has 5 unspecified atom stereocenters. The van der Waals surface area contributed by atoms with Crippen LogP contribution in [0.2, 0.25) is 0 Å². The largest absolute Gasteiger partial charge is 1.00 e. The molecule has 0 bridgehead atoms. The number of nitrogens with two attached hydrogens (primary N) is 1. The first kappa shape index (κ1) is 118. The second kappa shape index (κ2) is 58.5. The number of benzene rings is 7. The number of halogens is 3. The number of nitrogens with zero attached hydrogens (tertiary/aromatic N) is 2. The van der Waals surface area contributed by atoms with Gasteiger partial charge in [0.2, 0.25) is 45.2 Å². The second-order valence-corrected chi connectivity index (χ2v) is 40.3. The van der Waals surface area contributed by atoms with Gasteiger partial charge in [-0.15, -0.1) is 0 Å². The Kier molecular flexibility index (Phi) is 56.7. The van der Waals surface area contributed by atoms with Gasteiger partial charge in [-0.3, -0.25) is 14.4 Å². The summed E-state index contributed by atoms with van der Waals surface area (Å²) in [6.07, 6.45) is 5.26. The van der Waals surface area contributed by atoms with E-state index in [1.165, 1.54) is 31.4 Å². The number of carbonyl (C=O) groups is 3. The fraction of sp³-hybridized carbons (Fsp3) is 0.489. The number of ether oxygens (including phenoxy) is 2. The van der Waals surface area contributed by atoms with Crippen molar-refractivity contribution in [2.45, 2.75) is 235 Å². The molecule has 2 saturated heterocycles. The van der Waals surface area contributed by atoms with Crippen molar-refractivity contribution in [3.63, 3.8) is 0 Å². The molecule has 2 heterocycles. The number of hydrogen-bond donors (Lipinski definition) is 7. The van der Waals surface area contributed by atoms with Crippen molar-refractivity contribution < 1.29 is 107 Å². The molecule has 0 aliphatic carbocycles. The average molecular weight is 1860 g/mol. The van der Waals surface area contributed by atoms with E-state index in [1.54, 1.807) is 86.3 Å². The maximum absolute atomic E-state index is 13.2. The van der Waals surface area contributed by atoms with Crippen molar-refractivity contribution in [1.29, 1.82) is 0 Å². The summed E-state index contributed by atoms with van der Waals surface area (Å²) in [6, 6.07) is 42.2. The number of likely N-dealkylation sites (N-methyl/N-ethyl adjacent to an activating group) is 2. The molecule has 2 aliphatic heterocycles. The number of sulfonamides is 3. The van der Waals surface area contributed by atoms with E-state index in [4.69, 9.17) is 40.3 Å². The summed E-state index contributed by atoms with van der Waals surface area (Å²) >= 11 is 0. The molecule has 5 atom stereocenters. The van der Waals surface area contributed by atoms with Crippen molar-refractivity contribution in [3.8, 4) is 0 Å². The van der Waals surface area contributed by atoms with Crippen LogP contribution in [0, 0.1) is 107 Å². The molecule has 680 valence electrons. The van der Waals surface area contributed by atoms with Crippen LogP contribution in [0.1, 0.15) is 169 Å². The summed E-state index contributed by atoms with van der Waals surface area (Å²) in [6.45, 7) is 48.6. The van der Waals surface area contributed by atoms with Crippen LogP contribution in [0.15, 0.2) is 159 Å². The number of carboxylic acid groups (broad SMARTS) is 2. The van der Waals surface area contributed by atoms with Crippen molar-refractivity contribution in [2.75, 3.05) is 61.1 Å². The number of rotatable bonds is 25. The zero-order chi connectivity index (χ0) is 91.9.